The van der Waals surface area contributed by atoms with E-state index in [4.69, 9.17) is 4.74 Å². The predicted octanol–water partition coefficient (Wildman–Crippen LogP) is 3.82. The van der Waals surface area contributed by atoms with Crippen molar-refractivity contribution < 1.29 is 9.53 Å². The van der Waals surface area contributed by atoms with E-state index in [1.54, 1.807) is 0 Å². The molecular formula is C17H18O2. The first-order valence-corrected chi connectivity index (χ1v) is 6.43. The van der Waals surface area contributed by atoms with Crippen molar-refractivity contribution in [3.63, 3.8) is 0 Å². The first-order chi connectivity index (χ1) is 9.20. The molecule has 2 heteroatoms. The molecule has 0 amide bonds. The third-order valence-corrected chi connectivity index (χ3v) is 3.29. The van der Waals surface area contributed by atoms with Gasteiger partial charge in [0.2, 0.25) is 0 Å². The molecule has 0 spiro atoms. The summed E-state index contributed by atoms with van der Waals surface area (Å²) in [6, 6.07) is 18.1. The number of hydrogen-bond acceptors (Lipinski definition) is 2. The lowest BCUT2D eigenvalue weighted by molar-refractivity contribution is 0.0600. The van der Waals surface area contributed by atoms with Gasteiger partial charge in [-0.2, -0.15) is 0 Å². The Hall–Kier alpha value is -2.09. The van der Waals surface area contributed by atoms with Crippen LogP contribution in [0, 0.1) is 0 Å². The fourth-order valence-corrected chi connectivity index (χ4v) is 2.15. The zero-order chi connectivity index (χ0) is 13.7. The Labute approximate surface area is 114 Å². The van der Waals surface area contributed by atoms with Crippen molar-refractivity contribution in [1.29, 1.82) is 0 Å². The molecule has 2 rings (SSSR count). The minimum absolute atomic E-state index is 0.290. The SMILES string of the molecule is COC(=O)c1ccc(C(C)Cc2ccccc2)cc1. The van der Waals surface area contributed by atoms with Crippen molar-refractivity contribution in [2.24, 2.45) is 0 Å². The predicted molar refractivity (Wildman–Crippen MR) is 76.3 cm³/mol. The molecule has 0 bridgehead atoms. The highest BCUT2D eigenvalue weighted by Crippen LogP contribution is 2.20. The molecule has 2 aromatic carbocycles. The van der Waals surface area contributed by atoms with Gasteiger partial charge in [-0.1, -0.05) is 49.4 Å². The molecule has 0 saturated heterocycles. The number of carbonyl (C=O) groups excluding carboxylic acids is 1. The minimum atomic E-state index is -0.290. The van der Waals surface area contributed by atoms with E-state index in [2.05, 4.69) is 31.2 Å². The molecule has 0 heterocycles. The van der Waals surface area contributed by atoms with Crippen LogP contribution in [0.3, 0.4) is 0 Å². The summed E-state index contributed by atoms with van der Waals surface area (Å²) in [5.41, 5.74) is 3.15. The van der Waals surface area contributed by atoms with Crippen LogP contribution in [0.1, 0.15) is 34.3 Å². The fourth-order valence-electron chi connectivity index (χ4n) is 2.15. The number of rotatable bonds is 4. The van der Waals surface area contributed by atoms with Gasteiger partial charge in [0.25, 0.3) is 0 Å². The van der Waals surface area contributed by atoms with Crippen LogP contribution in [0.4, 0.5) is 0 Å². The second-order valence-corrected chi connectivity index (χ2v) is 4.70. The summed E-state index contributed by atoms with van der Waals surface area (Å²) in [4.78, 5) is 11.4. The number of methoxy groups -OCH3 is 1. The Bertz CT molecular complexity index is 529. The van der Waals surface area contributed by atoms with Crippen LogP contribution in [0.15, 0.2) is 54.6 Å². The third-order valence-electron chi connectivity index (χ3n) is 3.29. The van der Waals surface area contributed by atoms with E-state index >= 15 is 0 Å². The van der Waals surface area contributed by atoms with Crippen LogP contribution < -0.4 is 0 Å². The molecule has 2 aromatic rings. The molecule has 0 aliphatic carbocycles. The van der Waals surface area contributed by atoms with Crippen molar-refractivity contribution in [1.82, 2.24) is 0 Å². The summed E-state index contributed by atoms with van der Waals surface area (Å²) < 4.78 is 4.69. The Balaban J connectivity index is 2.07. The molecule has 0 aromatic heterocycles. The van der Waals surface area contributed by atoms with Crippen molar-refractivity contribution in [3.05, 3.63) is 71.3 Å². The van der Waals surface area contributed by atoms with Gasteiger partial charge < -0.3 is 4.74 Å². The van der Waals surface area contributed by atoms with Crippen LogP contribution in [0.5, 0.6) is 0 Å². The maximum atomic E-state index is 11.4. The van der Waals surface area contributed by atoms with Crippen molar-refractivity contribution in [3.8, 4) is 0 Å². The van der Waals surface area contributed by atoms with Crippen LogP contribution >= 0.6 is 0 Å². The van der Waals surface area contributed by atoms with Gasteiger partial charge in [-0.25, -0.2) is 4.79 Å². The number of benzene rings is 2. The summed E-state index contributed by atoms with van der Waals surface area (Å²) in [6.07, 6.45) is 0.998. The Morgan fingerprint density at radius 2 is 1.68 bits per heavy atom. The van der Waals surface area contributed by atoms with Crippen LogP contribution in [0.25, 0.3) is 0 Å². The van der Waals surface area contributed by atoms with Gasteiger partial charge in [0, 0.05) is 0 Å². The quantitative estimate of drug-likeness (QED) is 0.775. The van der Waals surface area contributed by atoms with Crippen molar-refractivity contribution >= 4 is 5.97 Å². The van der Waals surface area contributed by atoms with Gasteiger partial charge in [0.15, 0.2) is 0 Å². The summed E-state index contributed by atoms with van der Waals surface area (Å²) in [6.45, 7) is 2.19. The van der Waals surface area contributed by atoms with Crippen LogP contribution in [-0.4, -0.2) is 13.1 Å². The molecule has 1 unspecified atom stereocenters. The highest BCUT2D eigenvalue weighted by atomic mass is 16.5. The summed E-state index contributed by atoms with van der Waals surface area (Å²) in [5.74, 6) is 0.136. The average Bonchev–Trinajstić information content (AvgIpc) is 2.47. The molecule has 0 aliphatic heterocycles. The molecule has 2 nitrogen and oxygen atoms in total. The van der Waals surface area contributed by atoms with Crippen LogP contribution in [0.2, 0.25) is 0 Å². The van der Waals surface area contributed by atoms with E-state index in [0.29, 0.717) is 11.5 Å². The lowest BCUT2D eigenvalue weighted by atomic mass is 9.93. The van der Waals surface area contributed by atoms with E-state index in [1.165, 1.54) is 18.2 Å². The smallest absolute Gasteiger partial charge is 0.337 e. The second kappa shape index (κ2) is 6.19. The lowest BCUT2D eigenvalue weighted by Gasteiger charge is -2.12. The molecule has 0 aliphatic rings. The molecule has 98 valence electrons. The molecule has 1 atom stereocenters. The summed E-state index contributed by atoms with van der Waals surface area (Å²) in [5, 5.41) is 0. The standard InChI is InChI=1S/C17H18O2/c1-13(12-14-6-4-3-5-7-14)15-8-10-16(11-9-15)17(18)19-2/h3-11,13H,12H2,1-2H3. The molecule has 0 fully saturated rings. The van der Waals surface area contributed by atoms with Gasteiger partial charge in [0.05, 0.1) is 12.7 Å². The van der Waals surface area contributed by atoms with E-state index in [0.717, 1.165) is 6.42 Å². The highest BCUT2D eigenvalue weighted by Gasteiger charge is 2.09. The number of esters is 1. The van der Waals surface area contributed by atoms with Crippen molar-refractivity contribution in [2.75, 3.05) is 7.11 Å². The normalized spacial score (nSPS) is 11.9. The molecule has 0 radical (unpaired) electrons. The maximum absolute atomic E-state index is 11.4. The molecule has 19 heavy (non-hydrogen) atoms. The Morgan fingerprint density at radius 3 is 2.26 bits per heavy atom. The zero-order valence-corrected chi connectivity index (χ0v) is 11.3. The molecule has 0 N–H and O–H groups in total. The summed E-state index contributed by atoms with van der Waals surface area (Å²) >= 11 is 0. The largest absolute Gasteiger partial charge is 0.465 e. The number of carbonyl (C=O) groups is 1. The molecule has 0 saturated carbocycles. The van der Waals surface area contributed by atoms with E-state index < -0.39 is 0 Å². The van der Waals surface area contributed by atoms with Crippen LogP contribution in [-0.2, 0) is 11.2 Å². The van der Waals surface area contributed by atoms with Crippen molar-refractivity contribution in [2.45, 2.75) is 19.3 Å². The van der Waals surface area contributed by atoms with Gasteiger partial charge in [-0.05, 0) is 35.6 Å². The van der Waals surface area contributed by atoms with Gasteiger partial charge in [-0.15, -0.1) is 0 Å². The summed E-state index contributed by atoms with van der Waals surface area (Å²) in [7, 11) is 1.40. The topological polar surface area (TPSA) is 26.3 Å². The lowest BCUT2D eigenvalue weighted by Crippen LogP contribution is -2.03. The third kappa shape index (κ3) is 3.44. The van der Waals surface area contributed by atoms with Gasteiger partial charge >= 0.3 is 5.97 Å². The van der Waals surface area contributed by atoms with E-state index in [9.17, 15) is 4.79 Å². The monoisotopic (exact) mass is 254 g/mol. The number of hydrogen-bond donors (Lipinski definition) is 0. The molecular weight excluding hydrogens is 236 g/mol. The van der Waals surface area contributed by atoms with E-state index in [1.807, 2.05) is 30.3 Å². The fraction of sp³-hybridized carbons (Fsp3) is 0.235. The Morgan fingerprint density at radius 1 is 1.05 bits per heavy atom. The maximum Gasteiger partial charge on any atom is 0.337 e. The highest BCUT2D eigenvalue weighted by molar-refractivity contribution is 5.89. The Kier molecular flexibility index (Phi) is 4.35. The van der Waals surface area contributed by atoms with Gasteiger partial charge in [-0.3, -0.25) is 0 Å². The average molecular weight is 254 g/mol. The number of ether oxygens (including phenoxy) is 1. The first-order valence-electron chi connectivity index (χ1n) is 6.43. The zero-order valence-electron chi connectivity index (χ0n) is 11.3. The minimum Gasteiger partial charge on any atom is -0.465 e. The first kappa shape index (κ1) is 13.3. The van der Waals surface area contributed by atoms with E-state index in [-0.39, 0.29) is 5.97 Å². The van der Waals surface area contributed by atoms with Gasteiger partial charge in [0.1, 0.15) is 0 Å². The second-order valence-electron chi connectivity index (χ2n) is 4.70.